The van der Waals surface area contributed by atoms with Crippen molar-refractivity contribution >= 4 is 0 Å². The van der Waals surface area contributed by atoms with Crippen LogP contribution >= 0.6 is 0 Å². The van der Waals surface area contributed by atoms with Gasteiger partial charge in [-0.25, -0.2) is 0 Å². The topological polar surface area (TPSA) is 20.2 Å². The Morgan fingerprint density at radius 1 is 1.54 bits per heavy atom. The summed E-state index contributed by atoms with van der Waals surface area (Å²) in [6.07, 6.45) is 5.19. The van der Waals surface area contributed by atoms with Gasteiger partial charge in [0.1, 0.15) is 0 Å². The Hall–Kier alpha value is -0.740. The summed E-state index contributed by atoms with van der Waals surface area (Å²) in [6, 6.07) is 0. The highest BCUT2D eigenvalue weighted by Crippen LogP contribution is 2.10. The Labute approximate surface area is 81.9 Å². The molecule has 0 rings (SSSR count). The zero-order valence-corrected chi connectivity index (χ0v) is 8.93. The van der Waals surface area contributed by atoms with Gasteiger partial charge in [-0.05, 0) is 32.6 Å². The van der Waals surface area contributed by atoms with Crippen LogP contribution in [0.3, 0.4) is 0 Å². The van der Waals surface area contributed by atoms with E-state index in [9.17, 15) is 0 Å². The Bertz CT molecular complexity index is 205. The van der Waals surface area contributed by atoms with Crippen LogP contribution in [-0.4, -0.2) is 11.7 Å². The van der Waals surface area contributed by atoms with Crippen LogP contribution in [0.5, 0.6) is 0 Å². The van der Waals surface area contributed by atoms with Gasteiger partial charge in [-0.3, -0.25) is 0 Å². The molecule has 0 aliphatic heterocycles. The van der Waals surface area contributed by atoms with E-state index in [2.05, 4.69) is 31.8 Å². The SMILES string of the molecule is CC#CCC/C=C(\C)CC(C)CO. The maximum atomic E-state index is 8.84. The number of rotatable bonds is 5. The van der Waals surface area contributed by atoms with Gasteiger partial charge >= 0.3 is 0 Å². The second kappa shape index (κ2) is 7.89. The van der Waals surface area contributed by atoms with E-state index >= 15 is 0 Å². The van der Waals surface area contributed by atoms with E-state index in [1.807, 2.05) is 6.92 Å². The molecule has 0 aromatic heterocycles. The lowest BCUT2D eigenvalue weighted by molar-refractivity contribution is 0.237. The third-order valence-corrected chi connectivity index (χ3v) is 1.92. The Morgan fingerprint density at radius 2 is 2.23 bits per heavy atom. The minimum Gasteiger partial charge on any atom is -0.396 e. The van der Waals surface area contributed by atoms with Crippen LogP contribution in [0.2, 0.25) is 0 Å². The maximum Gasteiger partial charge on any atom is 0.0459 e. The van der Waals surface area contributed by atoms with Crippen LogP contribution in [0.25, 0.3) is 0 Å². The second-order valence-corrected chi connectivity index (χ2v) is 3.51. The fourth-order valence-corrected chi connectivity index (χ4v) is 1.21. The lowest BCUT2D eigenvalue weighted by atomic mass is 10.0. The first-order chi connectivity index (χ1) is 6.20. The molecule has 0 bridgehead atoms. The van der Waals surface area contributed by atoms with Crippen molar-refractivity contribution in [3.63, 3.8) is 0 Å². The highest BCUT2D eigenvalue weighted by atomic mass is 16.3. The molecule has 0 aliphatic carbocycles. The van der Waals surface area contributed by atoms with E-state index in [-0.39, 0.29) is 6.61 Å². The largest absolute Gasteiger partial charge is 0.396 e. The summed E-state index contributed by atoms with van der Waals surface area (Å²) in [4.78, 5) is 0. The molecule has 0 saturated heterocycles. The van der Waals surface area contributed by atoms with Gasteiger partial charge in [-0.1, -0.05) is 18.6 Å². The number of allylic oxidation sites excluding steroid dienone is 2. The molecule has 1 N–H and O–H groups in total. The van der Waals surface area contributed by atoms with Crippen LogP contribution < -0.4 is 0 Å². The molecule has 74 valence electrons. The van der Waals surface area contributed by atoms with Gasteiger partial charge in [0.2, 0.25) is 0 Å². The van der Waals surface area contributed by atoms with Crippen LogP contribution in [-0.2, 0) is 0 Å². The monoisotopic (exact) mass is 180 g/mol. The zero-order chi connectivity index (χ0) is 10.1. The van der Waals surface area contributed by atoms with Gasteiger partial charge in [-0.2, -0.15) is 0 Å². The summed E-state index contributed by atoms with van der Waals surface area (Å²) in [5.74, 6) is 6.28. The van der Waals surface area contributed by atoms with E-state index in [4.69, 9.17) is 5.11 Å². The van der Waals surface area contributed by atoms with Crippen LogP contribution in [0.15, 0.2) is 11.6 Å². The third-order valence-electron chi connectivity index (χ3n) is 1.92. The summed E-state index contributed by atoms with van der Waals surface area (Å²) in [7, 11) is 0. The van der Waals surface area contributed by atoms with Crippen LogP contribution in [0.4, 0.5) is 0 Å². The predicted octanol–water partition coefficient (Wildman–Crippen LogP) is 2.75. The second-order valence-electron chi connectivity index (χ2n) is 3.51. The third kappa shape index (κ3) is 7.62. The molecule has 0 spiro atoms. The number of aliphatic hydroxyl groups is 1. The highest BCUT2D eigenvalue weighted by molar-refractivity contribution is 5.02. The molecule has 0 saturated carbocycles. The summed E-state index contributed by atoms with van der Waals surface area (Å²) in [5, 5.41) is 8.84. The summed E-state index contributed by atoms with van der Waals surface area (Å²) < 4.78 is 0. The minimum atomic E-state index is 0.278. The van der Waals surface area contributed by atoms with E-state index in [1.54, 1.807) is 0 Å². The minimum absolute atomic E-state index is 0.278. The van der Waals surface area contributed by atoms with E-state index in [0.29, 0.717) is 5.92 Å². The van der Waals surface area contributed by atoms with Crippen molar-refractivity contribution in [1.82, 2.24) is 0 Å². The standard InChI is InChI=1S/C12H20O/c1-4-5-6-7-8-11(2)9-12(3)10-13/h8,12-13H,6-7,9-10H2,1-3H3/b11-8+. The lowest BCUT2D eigenvalue weighted by Gasteiger charge is -2.06. The van der Waals surface area contributed by atoms with Crippen LogP contribution in [0.1, 0.15) is 40.0 Å². The average molecular weight is 180 g/mol. The van der Waals surface area contributed by atoms with Crippen molar-refractivity contribution in [2.45, 2.75) is 40.0 Å². The molecule has 0 aliphatic rings. The van der Waals surface area contributed by atoms with Gasteiger partial charge in [0, 0.05) is 13.0 Å². The average Bonchev–Trinajstić information content (AvgIpc) is 2.12. The first kappa shape index (κ1) is 12.3. The van der Waals surface area contributed by atoms with Gasteiger partial charge in [0.05, 0.1) is 0 Å². The Morgan fingerprint density at radius 3 is 2.77 bits per heavy atom. The highest BCUT2D eigenvalue weighted by Gasteiger charge is 1.99. The first-order valence-corrected chi connectivity index (χ1v) is 4.86. The number of aliphatic hydroxyl groups excluding tert-OH is 1. The van der Waals surface area contributed by atoms with Gasteiger partial charge in [-0.15, -0.1) is 11.8 Å². The molecule has 0 aromatic rings. The smallest absolute Gasteiger partial charge is 0.0459 e. The first-order valence-electron chi connectivity index (χ1n) is 4.86. The zero-order valence-electron chi connectivity index (χ0n) is 8.93. The van der Waals surface area contributed by atoms with Gasteiger partial charge in [0.25, 0.3) is 0 Å². The molecule has 0 fully saturated rings. The van der Waals surface area contributed by atoms with Gasteiger partial charge in [0.15, 0.2) is 0 Å². The van der Waals surface area contributed by atoms with Gasteiger partial charge < -0.3 is 5.11 Å². The van der Waals surface area contributed by atoms with E-state index in [1.165, 1.54) is 5.57 Å². The fourth-order valence-electron chi connectivity index (χ4n) is 1.21. The number of unbranched alkanes of at least 4 members (excludes halogenated alkanes) is 1. The predicted molar refractivity (Wildman–Crippen MR) is 57.3 cm³/mol. The summed E-state index contributed by atoms with van der Waals surface area (Å²) >= 11 is 0. The molecular weight excluding hydrogens is 160 g/mol. The van der Waals surface area contributed by atoms with Crippen LogP contribution in [0, 0.1) is 17.8 Å². The maximum absolute atomic E-state index is 8.84. The number of hydrogen-bond donors (Lipinski definition) is 1. The van der Waals surface area contributed by atoms with Crippen molar-refractivity contribution in [1.29, 1.82) is 0 Å². The molecular formula is C12H20O. The number of hydrogen-bond acceptors (Lipinski definition) is 1. The fraction of sp³-hybridized carbons (Fsp3) is 0.667. The Balaban J connectivity index is 3.66. The molecule has 1 heteroatoms. The molecule has 0 aromatic carbocycles. The van der Waals surface area contributed by atoms with Crippen molar-refractivity contribution in [2.24, 2.45) is 5.92 Å². The summed E-state index contributed by atoms with van der Waals surface area (Å²) in [5.41, 5.74) is 1.36. The quantitative estimate of drug-likeness (QED) is 0.392. The molecule has 0 amide bonds. The summed E-state index contributed by atoms with van der Waals surface area (Å²) in [6.45, 7) is 6.32. The molecule has 1 atom stereocenters. The molecule has 0 radical (unpaired) electrons. The van der Waals surface area contributed by atoms with Crippen molar-refractivity contribution in [3.05, 3.63) is 11.6 Å². The molecule has 1 nitrogen and oxygen atoms in total. The Kier molecular flexibility index (Phi) is 7.44. The molecule has 13 heavy (non-hydrogen) atoms. The lowest BCUT2D eigenvalue weighted by Crippen LogP contribution is -2.00. The van der Waals surface area contributed by atoms with E-state index in [0.717, 1.165) is 19.3 Å². The molecule has 0 heterocycles. The van der Waals surface area contributed by atoms with E-state index < -0.39 is 0 Å². The van der Waals surface area contributed by atoms with Crippen molar-refractivity contribution < 1.29 is 5.11 Å². The molecule has 1 unspecified atom stereocenters. The van der Waals surface area contributed by atoms with Crippen molar-refractivity contribution in [2.75, 3.05) is 6.61 Å². The normalized spacial score (nSPS) is 13.4. The van der Waals surface area contributed by atoms with Crippen molar-refractivity contribution in [3.8, 4) is 11.8 Å².